The summed E-state index contributed by atoms with van der Waals surface area (Å²) in [4.78, 5) is 0. The van der Waals surface area contributed by atoms with E-state index in [0.29, 0.717) is 19.3 Å². The lowest BCUT2D eigenvalue weighted by atomic mass is 9.83. The molecule has 0 aromatic rings. The van der Waals surface area contributed by atoms with Gasteiger partial charge in [0.05, 0.1) is 0 Å². The molecular formula is C21H19F25O. The summed E-state index contributed by atoms with van der Waals surface area (Å²) in [6, 6.07) is 0. The van der Waals surface area contributed by atoms with Crippen LogP contribution >= 0.6 is 0 Å². The molecule has 1 unspecified atom stereocenters. The van der Waals surface area contributed by atoms with Crippen molar-refractivity contribution >= 4 is 0 Å². The van der Waals surface area contributed by atoms with E-state index in [4.69, 9.17) is 0 Å². The van der Waals surface area contributed by atoms with Crippen LogP contribution in [0.1, 0.15) is 51.9 Å². The Hall–Kier alpha value is -1.79. The van der Waals surface area contributed by atoms with Gasteiger partial charge < -0.3 is 5.11 Å². The third-order valence-electron chi connectivity index (χ3n) is 6.57. The minimum absolute atomic E-state index is 0.0791. The van der Waals surface area contributed by atoms with Gasteiger partial charge in [-0.25, -0.2) is 0 Å². The second-order valence-electron chi connectivity index (χ2n) is 9.94. The first-order valence-electron chi connectivity index (χ1n) is 12.1. The maximum atomic E-state index is 14.0. The summed E-state index contributed by atoms with van der Waals surface area (Å²) in [5, 5.41) is 9.17. The molecule has 0 rings (SSSR count). The summed E-state index contributed by atoms with van der Waals surface area (Å²) in [6.45, 7) is 1.65. The zero-order valence-corrected chi connectivity index (χ0v) is 22.4. The lowest BCUT2D eigenvalue weighted by Gasteiger charge is -2.46. The number of rotatable bonds is 18. The molecule has 26 heteroatoms. The SMILES string of the molecule is CCCCCCCCC(O)C(F)(F)C(F)(F)C(F)(F)C(F)(F)C(F)(F)C(F)(F)C(F)(F)C(F)(F)C(F)(F)C(F)(F)C(F)(F)C(F)(F)F. The molecule has 1 atom stereocenters. The van der Waals surface area contributed by atoms with Gasteiger partial charge in [0.15, 0.2) is 0 Å². The summed E-state index contributed by atoms with van der Waals surface area (Å²) < 4.78 is 337. The van der Waals surface area contributed by atoms with Crippen molar-refractivity contribution in [2.24, 2.45) is 0 Å². The molecule has 0 amide bonds. The highest BCUT2D eigenvalue weighted by Crippen LogP contribution is 2.68. The lowest BCUT2D eigenvalue weighted by Crippen LogP contribution is -2.78. The first kappa shape index (κ1) is 45.2. The first-order chi connectivity index (χ1) is 20.2. The Labute approximate surface area is 245 Å². The predicted molar refractivity (Wildman–Crippen MR) is 104 cm³/mol. The van der Waals surface area contributed by atoms with Gasteiger partial charge in [-0.3, -0.25) is 0 Å². The van der Waals surface area contributed by atoms with E-state index in [1.165, 1.54) is 0 Å². The Morgan fingerprint density at radius 3 is 0.851 bits per heavy atom. The molecule has 0 aromatic heterocycles. The molecular weight excluding hydrogens is 743 g/mol. The quantitative estimate of drug-likeness (QED) is 0.109. The fourth-order valence-electron chi connectivity index (χ4n) is 3.47. The summed E-state index contributed by atoms with van der Waals surface area (Å²) in [5.74, 6) is -99.0. The smallest absolute Gasteiger partial charge is 0.387 e. The maximum Gasteiger partial charge on any atom is 0.460 e. The second kappa shape index (κ2) is 12.8. The van der Waals surface area contributed by atoms with Crippen LogP contribution in [0.2, 0.25) is 0 Å². The number of hydrogen-bond donors (Lipinski definition) is 1. The summed E-state index contributed by atoms with van der Waals surface area (Å²) in [6.07, 6.45) is -13.9. The van der Waals surface area contributed by atoms with Crippen molar-refractivity contribution in [3.8, 4) is 0 Å². The minimum atomic E-state index is -9.62. The van der Waals surface area contributed by atoms with E-state index in [9.17, 15) is 115 Å². The van der Waals surface area contributed by atoms with Crippen LogP contribution in [0.3, 0.4) is 0 Å². The van der Waals surface area contributed by atoms with Crippen LogP contribution in [0.15, 0.2) is 0 Å². The van der Waals surface area contributed by atoms with E-state index in [1.807, 2.05) is 0 Å². The molecule has 0 heterocycles. The van der Waals surface area contributed by atoms with Crippen LogP contribution in [-0.4, -0.2) is 82.5 Å². The molecule has 284 valence electrons. The molecule has 0 saturated carbocycles. The topological polar surface area (TPSA) is 20.2 Å². The monoisotopic (exact) mass is 762 g/mol. The second-order valence-corrected chi connectivity index (χ2v) is 9.94. The highest BCUT2D eigenvalue weighted by Gasteiger charge is 2.99. The molecule has 0 saturated heterocycles. The third kappa shape index (κ3) is 6.37. The fourth-order valence-corrected chi connectivity index (χ4v) is 3.47. The molecule has 1 nitrogen and oxygen atoms in total. The Morgan fingerprint density at radius 2 is 0.574 bits per heavy atom. The van der Waals surface area contributed by atoms with Crippen LogP contribution < -0.4 is 0 Å². The molecule has 0 aliphatic heterocycles. The molecule has 47 heavy (non-hydrogen) atoms. The number of aliphatic hydroxyl groups excluding tert-OH is 1. The third-order valence-corrected chi connectivity index (χ3v) is 6.57. The fraction of sp³-hybridized carbons (Fsp3) is 1.00. The van der Waals surface area contributed by atoms with Gasteiger partial charge in [0.1, 0.15) is 6.10 Å². The zero-order valence-electron chi connectivity index (χ0n) is 22.4. The molecule has 0 aliphatic carbocycles. The molecule has 0 bridgehead atoms. The molecule has 0 aliphatic rings. The van der Waals surface area contributed by atoms with Crippen LogP contribution in [0, 0.1) is 0 Å². The van der Waals surface area contributed by atoms with Gasteiger partial charge in [-0.2, -0.15) is 110 Å². The Kier molecular flexibility index (Phi) is 12.3. The van der Waals surface area contributed by atoms with Crippen molar-refractivity contribution in [2.45, 2.75) is 129 Å². The lowest BCUT2D eigenvalue weighted by molar-refractivity contribution is -0.483. The van der Waals surface area contributed by atoms with E-state index >= 15 is 0 Å². The summed E-state index contributed by atoms with van der Waals surface area (Å²) in [5.41, 5.74) is 0. The largest absolute Gasteiger partial charge is 0.460 e. The maximum absolute atomic E-state index is 14.0. The van der Waals surface area contributed by atoms with Crippen molar-refractivity contribution in [2.75, 3.05) is 0 Å². The molecule has 0 aromatic carbocycles. The van der Waals surface area contributed by atoms with Gasteiger partial charge in [0.2, 0.25) is 0 Å². The van der Waals surface area contributed by atoms with E-state index in [-0.39, 0.29) is 12.8 Å². The summed E-state index contributed by atoms with van der Waals surface area (Å²) >= 11 is 0. The van der Waals surface area contributed by atoms with E-state index in [2.05, 4.69) is 0 Å². The normalized spacial score (nSPS) is 16.9. The van der Waals surface area contributed by atoms with Gasteiger partial charge in [0.25, 0.3) is 0 Å². The first-order valence-corrected chi connectivity index (χ1v) is 12.1. The van der Waals surface area contributed by atoms with Crippen molar-refractivity contribution in [3.63, 3.8) is 0 Å². The molecule has 0 fully saturated rings. The van der Waals surface area contributed by atoms with E-state index < -0.39 is 90.3 Å². The number of hydrogen-bond acceptors (Lipinski definition) is 1. The van der Waals surface area contributed by atoms with Gasteiger partial charge in [-0.15, -0.1) is 0 Å². The van der Waals surface area contributed by atoms with Gasteiger partial charge >= 0.3 is 71.3 Å². The van der Waals surface area contributed by atoms with E-state index in [0.717, 1.165) is 0 Å². The molecule has 0 spiro atoms. The minimum Gasteiger partial charge on any atom is -0.387 e. The number of unbranched alkanes of at least 4 members (excludes halogenated alkanes) is 5. The van der Waals surface area contributed by atoms with Crippen molar-refractivity contribution < 1.29 is 115 Å². The highest BCUT2D eigenvalue weighted by molar-refractivity contribution is 5.20. The van der Waals surface area contributed by atoms with Crippen molar-refractivity contribution in [3.05, 3.63) is 0 Å². The van der Waals surface area contributed by atoms with Gasteiger partial charge in [-0.1, -0.05) is 45.4 Å². The predicted octanol–water partition coefficient (Wildman–Crippen LogP) is 10.6. The zero-order chi connectivity index (χ0) is 38.5. The van der Waals surface area contributed by atoms with Crippen molar-refractivity contribution in [1.82, 2.24) is 0 Å². The number of alkyl halides is 25. The van der Waals surface area contributed by atoms with Crippen LogP contribution in [-0.2, 0) is 0 Å². The Morgan fingerprint density at radius 1 is 0.340 bits per heavy atom. The van der Waals surface area contributed by atoms with Gasteiger partial charge in [-0.05, 0) is 6.42 Å². The Bertz CT molecular complexity index is 1040. The number of halogens is 25. The van der Waals surface area contributed by atoms with Gasteiger partial charge in [0, 0.05) is 0 Å². The average molecular weight is 762 g/mol. The number of aliphatic hydroxyl groups is 1. The summed E-state index contributed by atoms with van der Waals surface area (Å²) in [7, 11) is 0. The Balaban J connectivity index is 6.96. The highest BCUT2D eigenvalue weighted by atomic mass is 19.4. The molecule has 0 radical (unpaired) electrons. The van der Waals surface area contributed by atoms with Crippen LogP contribution in [0.4, 0.5) is 110 Å². The average Bonchev–Trinajstić information content (AvgIpc) is 2.88. The van der Waals surface area contributed by atoms with Crippen molar-refractivity contribution in [1.29, 1.82) is 0 Å². The standard InChI is InChI=1S/C21H19F25O/c1-2-3-4-5-6-7-8-9(47)10(22,23)11(24,25)12(26,27)13(28,29)14(30,31)15(32,33)16(34,35)17(36,37)18(38,39)19(40,41)20(42,43)21(44,45)46/h9,47H,2-8H2,1H3. The van der Waals surface area contributed by atoms with E-state index in [1.54, 1.807) is 6.92 Å². The van der Waals surface area contributed by atoms with Crippen LogP contribution in [0.25, 0.3) is 0 Å². The van der Waals surface area contributed by atoms with Crippen LogP contribution in [0.5, 0.6) is 0 Å². The molecule has 1 N–H and O–H groups in total.